The summed E-state index contributed by atoms with van der Waals surface area (Å²) in [5.41, 5.74) is 5.57. The first-order chi connectivity index (χ1) is 22.9. The van der Waals surface area contributed by atoms with E-state index in [4.69, 9.17) is 0 Å². The van der Waals surface area contributed by atoms with Crippen molar-refractivity contribution in [3.63, 3.8) is 0 Å². The van der Waals surface area contributed by atoms with E-state index in [2.05, 4.69) is 21.3 Å². The van der Waals surface area contributed by atoms with Gasteiger partial charge in [0.25, 0.3) is 0 Å². The number of amides is 1. The standard InChI is InChI=1S/C38H42F3N5O2/c1-27-22-34(16-19-42-27)43-33-12-6-29(7-13-33)25-46(37(48)15-9-28-4-10-32(11-5-28)38(39,40)41)35-17-20-45(21-18-35)24-30-8-14-36(47)31(23-30)26-44(2)3/h4-16,19,22-23,35,47H,17-18,20-21,24-26H2,1-3H3,(H,42,43). The number of aromatic hydroxyl groups is 1. The van der Waals surface area contributed by atoms with Crippen LogP contribution in [0.15, 0.2) is 91.1 Å². The fourth-order valence-corrected chi connectivity index (χ4v) is 5.97. The second kappa shape index (κ2) is 15.5. The molecular weight excluding hydrogens is 615 g/mol. The highest BCUT2D eigenvalue weighted by Crippen LogP contribution is 2.30. The molecule has 4 aromatic rings. The number of phenols is 1. The Hall–Kier alpha value is -4.67. The fourth-order valence-electron chi connectivity index (χ4n) is 5.97. The van der Waals surface area contributed by atoms with Gasteiger partial charge in [-0.05, 0) is 105 Å². The molecule has 7 nitrogen and oxygen atoms in total. The van der Waals surface area contributed by atoms with Gasteiger partial charge in [0.15, 0.2) is 0 Å². The summed E-state index contributed by atoms with van der Waals surface area (Å²) in [7, 11) is 3.94. The minimum absolute atomic E-state index is 0.00674. The predicted octanol–water partition coefficient (Wildman–Crippen LogP) is 7.63. The van der Waals surface area contributed by atoms with Gasteiger partial charge >= 0.3 is 6.18 Å². The number of hydrogen-bond donors (Lipinski definition) is 2. The average Bonchev–Trinajstić information content (AvgIpc) is 3.05. The second-order valence-corrected chi connectivity index (χ2v) is 12.6. The van der Waals surface area contributed by atoms with Crippen molar-refractivity contribution in [1.82, 2.24) is 19.7 Å². The van der Waals surface area contributed by atoms with Crippen LogP contribution in [0.3, 0.4) is 0 Å². The Morgan fingerprint density at radius 2 is 1.62 bits per heavy atom. The van der Waals surface area contributed by atoms with Crippen LogP contribution in [-0.2, 0) is 30.6 Å². The van der Waals surface area contributed by atoms with Crippen LogP contribution in [0.4, 0.5) is 24.5 Å². The molecule has 10 heteroatoms. The van der Waals surface area contributed by atoms with Gasteiger partial charge in [-0.25, -0.2) is 0 Å². The molecule has 0 unspecified atom stereocenters. The maximum absolute atomic E-state index is 13.7. The zero-order valence-electron chi connectivity index (χ0n) is 27.5. The van der Waals surface area contributed by atoms with Gasteiger partial charge in [-0.15, -0.1) is 0 Å². The molecule has 1 aliphatic heterocycles. The number of piperidine rings is 1. The highest BCUT2D eigenvalue weighted by atomic mass is 19.4. The van der Waals surface area contributed by atoms with Crippen molar-refractivity contribution in [2.45, 2.75) is 51.6 Å². The molecule has 1 amide bonds. The molecule has 2 N–H and O–H groups in total. The van der Waals surface area contributed by atoms with Gasteiger partial charge in [-0.2, -0.15) is 13.2 Å². The first-order valence-electron chi connectivity index (χ1n) is 16.1. The van der Waals surface area contributed by atoms with Crippen LogP contribution in [0.1, 0.15) is 46.4 Å². The highest BCUT2D eigenvalue weighted by molar-refractivity contribution is 5.92. The Labute approximate surface area is 280 Å². The van der Waals surface area contributed by atoms with Crippen LogP contribution in [0, 0.1) is 6.92 Å². The summed E-state index contributed by atoms with van der Waals surface area (Å²) >= 11 is 0. The smallest absolute Gasteiger partial charge is 0.416 e. The quantitative estimate of drug-likeness (QED) is 0.162. The number of hydrogen-bond acceptors (Lipinski definition) is 6. The van der Waals surface area contributed by atoms with E-state index in [0.717, 1.165) is 78.4 Å². The van der Waals surface area contributed by atoms with Crippen molar-refractivity contribution in [1.29, 1.82) is 0 Å². The molecule has 0 saturated carbocycles. The molecule has 1 fully saturated rings. The number of carbonyl (C=O) groups is 1. The van der Waals surface area contributed by atoms with Crippen LogP contribution in [-0.4, -0.2) is 63.9 Å². The number of halogens is 3. The summed E-state index contributed by atoms with van der Waals surface area (Å²) in [6.45, 7) is 5.34. The molecule has 0 bridgehead atoms. The number of rotatable bonds is 11. The van der Waals surface area contributed by atoms with E-state index < -0.39 is 11.7 Å². The number of anilines is 2. The number of alkyl halides is 3. The lowest BCUT2D eigenvalue weighted by molar-refractivity contribution is -0.137. The molecule has 252 valence electrons. The molecule has 1 saturated heterocycles. The van der Waals surface area contributed by atoms with E-state index >= 15 is 0 Å². The molecule has 0 spiro atoms. The number of likely N-dealkylation sites (tertiary alicyclic amines) is 1. The lowest BCUT2D eigenvalue weighted by Gasteiger charge is -2.38. The normalized spacial score (nSPS) is 14.5. The number of aryl methyl sites for hydroxylation is 1. The van der Waals surface area contributed by atoms with Gasteiger partial charge in [0.2, 0.25) is 5.91 Å². The maximum Gasteiger partial charge on any atom is 0.416 e. The largest absolute Gasteiger partial charge is 0.508 e. The Balaban J connectivity index is 1.28. The molecule has 5 rings (SSSR count). The summed E-state index contributed by atoms with van der Waals surface area (Å²) in [5.74, 6) is 0.107. The summed E-state index contributed by atoms with van der Waals surface area (Å²) in [5, 5.41) is 13.7. The SMILES string of the molecule is Cc1cc(Nc2ccc(CN(C(=O)C=Cc3ccc(C(F)(F)F)cc3)C3CCN(Cc4ccc(O)c(CN(C)C)c4)CC3)cc2)ccn1. The molecule has 3 aromatic carbocycles. The fraction of sp³-hybridized carbons (Fsp3) is 0.316. The van der Waals surface area contributed by atoms with Gasteiger partial charge in [0.1, 0.15) is 5.75 Å². The minimum Gasteiger partial charge on any atom is -0.508 e. The zero-order valence-corrected chi connectivity index (χ0v) is 27.5. The molecule has 1 aromatic heterocycles. The van der Waals surface area contributed by atoms with Crippen molar-refractivity contribution in [2.75, 3.05) is 32.5 Å². The van der Waals surface area contributed by atoms with Crippen molar-refractivity contribution in [2.24, 2.45) is 0 Å². The number of aromatic nitrogens is 1. The van der Waals surface area contributed by atoms with Gasteiger partial charge in [0.05, 0.1) is 5.56 Å². The highest BCUT2D eigenvalue weighted by Gasteiger charge is 2.30. The minimum atomic E-state index is -4.41. The Kier molecular flexibility index (Phi) is 11.2. The third-order valence-electron chi connectivity index (χ3n) is 8.47. The van der Waals surface area contributed by atoms with Crippen LogP contribution in [0.25, 0.3) is 6.08 Å². The zero-order chi connectivity index (χ0) is 34.3. The lowest BCUT2D eigenvalue weighted by atomic mass is 10.0. The number of pyridine rings is 1. The Morgan fingerprint density at radius 1 is 0.938 bits per heavy atom. The Bertz CT molecular complexity index is 1700. The third kappa shape index (κ3) is 9.68. The van der Waals surface area contributed by atoms with Crippen molar-refractivity contribution >= 4 is 23.4 Å². The number of nitrogens with one attached hydrogen (secondary N) is 1. The molecule has 0 atom stereocenters. The van der Waals surface area contributed by atoms with E-state index in [9.17, 15) is 23.1 Å². The molecular formula is C38H42F3N5O2. The van der Waals surface area contributed by atoms with Crippen LogP contribution >= 0.6 is 0 Å². The van der Waals surface area contributed by atoms with Crippen LogP contribution in [0.2, 0.25) is 0 Å². The van der Waals surface area contributed by atoms with E-state index in [0.29, 0.717) is 24.4 Å². The summed E-state index contributed by atoms with van der Waals surface area (Å²) in [6.07, 6.45) is 1.94. The number of nitrogens with zero attached hydrogens (tertiary/aromatic N) is 4. The summed E-state index contributed by atoms with van der Waals surface area (Å²) in [4.78, 5) is 24.2. The van der Waals surface area contributed by atoms with Crippen molar-refractivity contribution < 1.29 is 23.1 Å². The topological polar surface area (TPSA) is 71.9 Å². The molecule has 0 aliphatic carbocycles. The van der Waals surface area contributed by atoms with Crippen molar-refractivity contribution in [3.05, 3.63) is 125 Å². The van der Waals surface area contributed by atoms with E-state index in [1.54, 1.807) is 18.3 Å². The van der Waals surface area contributed by atoms with Gasteiger partial charge < -0.3 is 20.2 Å². The van der Waals surface area contributed by atoms with Gasteiger partial charge in [-0.1, -0.05) is 30.3 Å². The van der Waals surface area contributed by atoms with Gasteiger partial charge in [0, 0.05) is 73.7 Å². The third-order valence-corrected chi connectivity index (χ3v) is 8.47. The Morgan fingerprint density at radius 3 is 2.27 bits per heavy atom. The predicted molar refractivity (Wildman–Crippen MR) is 184 cm³/mol. The first kappa shape index (κ1) is 34.7. The molecule has 48 heavy (non-hydrogen) atoms. The summed E-state index contributed by atoms with van der Waals surface area (Å²) in [6, 6.07) is 22.4. The summed E-state index contributed by atoms with van der Waals surface area (Å²) < 4.78 is 39.1. The van der Waals surface area contributed by atoms with E-state index in [1.165, 1.54) is 18.2 Å². The van der Waals surface area contributed by atoms with Crippen LogP contribution in [0.5, 0.6) is 5.75 Å². The molecule has 1 aliphatic rings. The molecule has 0 radical (unpaired) electrons. The van der Waals surface area contributed by atoms with E-state index in [1.807, 2.05) is 73.3 Å². The monoisotopic (exact) mass is 657 g/mol. The van der Waals surface area contributed by atoms with Crippen LogP contribution < -0.4 is 5.32 Å². The number of benzene rings is 3. The van der Waals surface area contributed by atoms with Crippen molar-refractivity contribution in [3.8, 4) is 5.75 Å². The lowest BCUT2D eigenvalue weighted by Crippen LogP contribution is -2.46. The maximum atomic E-state index is 13.7. The molecule has 2 heterocycles. The second-order valence-electron chi connectivity index (χ2n) is 12.6. The number of carbonyl (C=O) groups excluding carboxylic acids is 1. The number of phenolic OH excluding ortho intramolecular Hbond substituents is 1. The first-order valence-corrected chi connectivity index (χ1v) is 16.1. The average molecular weight is 658 g/mol. The van der Waals surface area contributed by atoms with Gasteiger partial charge in [-0.3, -0.25) is 14.7 Å². The van der Waals surface area contributed by atoms with E-state index in [-0.39, 0.29) is 11.9 Å².